The van der Waals surface area contributed by atoms with Crippen LogP contribution in [0.5, 0.6) is 11.5 Å². The summed E-state index contributed by atoms with van der Waals surface area (Å²) in [5.41, 5.74) is 22.0. The second-order valence-corrected chi connectivity index (χ2v) is 25.8. The zero-order valence-electron chi connectivity index (χ0n) is 53.1. The third kappa shape index (κ3) is 8.55. The van der Waals surface area contributed by atoms with E-state index in [4.69, 9.17) is 15.2 Å². The van der Waals surface area contributed by atoms with Gasteiger partial charge in [-0.1, -0.05) is 232 Å². The molecule has 420 valence electrons. The summed E-state index contributed by atoms with van der Waals surface area (Å²) in [6, 6.07) is 76.4. The van der Waals surface area contributed by atoms with E-state index >= 15 is 0 Å². The van der Waals surface area contributed by atoms with Crippen LogP contribution < -0.4 is 14.5 Å². The van der Waals surface area contributed by atoms with Crippen molar-refractivity contribution in [1.29, 1.82) is 0 Å². The molecule has 10 aromatic carbocycles. The molecule has 15 rings (SSSR count). The predicted molar refractivity (Wildman–Crippen MR) is 347 cm³/mol. The maximum atomic E-state index is 9.15. The summed E-state index contributed by atoms with van der Waals surface area (Å²) in [5, 5.41) is 0.999. The molecule has 0 radical (unpaired) electrons. The van der Waals surface area contributed by atoms with Gasteiger partial charge >= 0.3 is 0 Å². The van der Waals surface area contributed by atoms with Crippen LogP contribution in [0.15, 0.2) is 224 Å². The van der Waals surface area contributed by atoms with Crippen LogP contribution in [0.25, 0.3) is 72.1 Å². The summed E-state index contributed by atoms with van der Waals surface area (Å²) in [4.78, 5) is 9.46. The smallest absolute Gasteiger partial charge is 0.135 e. The fourth-order valence-electron chi connectivity index (χ4n) is 13.4. The molecule has 6 heteroatoms. The average molecular weight is 1290 g/mol. The van der Waals surface area contributed by atoms with Gasteiger partial charge in [0.1, 0.15) is 5.82 Å². The summed E-state index contributed by atoms with van der Waals surface area (Å²) in [7, 11) is 0. The number of hydrogen-bond acceptors (Lipinski definition) is 4. The Morgan fingerprint density at radius 2 is 1.04 bits per heavy atom. The number of anilines is 4. The quantitative estimate of drug-likeness (QED) is 0.149. The van der Waals surface area contributed by atoms with Gasteiger partial charge in [0.25, 0.3) is 0 Å². The molecule has 5 nitrogen and oxygen atoms in total. The fraction of sp³-hybridized carbons (Fsp3) is 0.165. The van der Waals surface area contributed by atoms with Crippen LogP contribution in [-0.4, -0.2) is 9.55 Å². The second-order valence-electron chi connectivity index (χ2n) is 25.8. The Labute approximate surface area is 520 Å². The molecule has 0 unspecified atom stereocenters. The summed E-state index contributed by atoms with van der Waals surface area (Å²) in [6.45, 7) is 22.4. The van der Waals surface area contributed by atoms with Crippen LogP contribution >= 0.6 is 0 Å². The number of hydrogen-bond donors (Lipinski definition) is 0. The number of fused-ring (bicyclic) bond motifs is 14. The molecule has 0 saturated heterocycles. The van der Waals surface area contributed by atoms with Crippen molar-refractivity contribution < 1.29 is 31.3 Å². The maximum absolute atomic E-state index is 9.15. The minimum absolute atomic E-state index is 0. The number of aromatic nitrogens is 2. The van der Waals surface area contributed by atoms with Crippen molar-refractivity contribution in [2.75, 3.05) is 9.80 Å². The molecule has 1 spiro atoms. The Bertz CT molecular complexity index is 4810. The summed E-state index contributed by atoms with van der Waals surface area (Å²) >= 11 is 0. The molecule has 2 aromatic heterocycles. The molecule has 12 aromatic rings. The normalized spacial score (nSPS) is 14.5. The first-order valence-electron chi connectivity index (χ1n) is 31.1. The maximum Gasteiger partial charge on any atom is 0.135 e. The van der Waals surface area contributed by atoms with E-state index in [1.165, 1.54) is 55.6 Å². The van der Waals surface area contributed by atoms with Gasteiger partial charge < -0.3 is 19.1 Å². The van der Waals surface area contributed by atoms with E-state index in [-0.39, 0.29) is 61.5 Å². The number of nitrogens with zero attached hydrogens (tertiary/aromatic N) is 4. The largest absolute Gasteiger partial charge is 0.509 e. The van der Waals surface area contributed by atoms with Gasteiger partial charge in [-0.3, -0.25) is 0 Å². The first-order valence-corrected chi connectivity index (χ1v) is 29.1. The molecule has 0 saturated carbocycles. The van der Waals surface area contributed by atoms with E-state index in [1.54, 1.807) is 10.6 Å². The Morgan fingerprint density at radius 1 is 0.482 bits per heavy atom. The van der Waals surface area contributed by atoms with Crippen molar-refractivity contribution in [2.24, 2.45) is 0 Å². The molecule has 0 bridgehead atoms. The summed E-state index contributed by atoms with van der Waals surface area (Å²) in [6.07, 6.45) is 1.83. The van der Waals surface area contributed by atoms with Crippen LogP contribution in [0, 0.1) is 18.8 Å². The molecule has 3 heterocycles. The van der Waals surface area contributed by atoms with E-state index in [9.17, 15) is 0 Å². The standard InChI is InChI=1S/C79H65N4O.Pt/c1-76(2,3)51-39-42-73(80-48-51)83-69-36-17-13-27-60(69)61-41-40-56(47-72(61)83)84-55-24-20-23-54(46-55)81-49-82(71-38-19-18-37-70(71)81)75-57(50-43-52(77(4,5)6)45-53(44-50)78(7,8)9)29-21-31-63(75)62-30-22-35-68-74(62)64-28-12-16-34-67(64)79(68)65-32-14-10-25-58(65)59-26-11-15-33-66(59)79;/h10-45,48-49H,1-9H3;/q-3;/i13D,17D,27D,36D;. The molecule has 0 fully saturated rings. The van der Waals surface area contributed by atoms with E-state index in [1.807, 2.05) is 36.5 Å². The number of rotatable bonds is 7. The topological polar surface area (TPSA) is 33.5 Å². The van der Waals surface area contributed by atoms with Crippen molar-refractivity contribution in [3.8, 4) is 61.8 Å². The van der Waals surface area contributed by atoms with E-state index in [0.29, 0.717) is 39.1 Å². The van der Waals surface area contributed by atoms with Crippen molar-refractivity contribution in [3.05, 3.63) is 282 Å². The van der Waals surface area contributed by atoms with Crippen molar-refractivity contribution in [2.45, 2.75) is 84.0 Å². The molecule has 1 aliphatic heterocycles. The molecule has 85 heavy (non-hydrogen) atoms. The van der Waals surface area contributed by atoms with Crippen molar-refractivity contribution >= 4 is 44.6 Å². The van der Waals surface area contributed by atoms with Gasteiger partial charge in [-0.15, -0.1) is 48.1 Å². The monoisotopic (exact) mass is 1280 g/mol. The number of pyridine rings is 1. The first kappa shape index (κ1) is 49.6. The van der Waals surface area contributed by atoms with Gasteiger partial charge in [0, 0.05) is 72.5 Å². The zero-order chi connectivity index (χ0) is 60.9. The molecule has 3 aliphatic rings. The van der Waals surface area contributed by atoms with Gasteiger partial charge in [-0.25, -0.2) is 4.98 Å². The third-order valence-corrected chi connectivity index (χ3v) is 17.6. The number of ether oxygens (including phenoxy) is 1. The summed E-state index contributed by atoms with van der Waals surface area (Å²) in [5.74, 6) is 1.34. The van der Waals surface area contributed by atoms with Gasteiger partial charge in [-0.05, 0) is 118 Å². The first-order chi connectivity index (χ1) is 42.2. The van der Waals surface area contributed by atoms with Gasteiger partial charge in [0.05, 0.1) is 10.9 Å². The Kier molecular flexibility index (Phi) is 11.6. The minimum atomic E-state index is -0.519. The van der Waals surface area contributed by atoms with Crippen molar-refractivity contribution in [1.82, 2.24) is 9.55 Å². The molecule has 2 aliphatic carbocycles. The Hall–Kier alpha value is -8.76. The molecule has 0 N–H and O–H groups in total. The van der Waals surface area contributed by atoms with Crippen LogP contribution in [0.1, 0.15) is 107 Å². The Morgan fingerprint density at radius 3 is 1.71 bits per heavy atom. The van der Waals surface area contributed by atoms with E-state index < -0.39 is 5.41 Å². The molecular weight excluding hydrogens is 1220 g/mol. The SMILES string of the molecule is [2H]c1c([2H])c([2H])c2c(c1[2H])c1ccc(Oc3[c-]c(N4[CH-]N(c5c(-c6cc(C(C)(C)C)cc(C(C)(C)C)c6)cccc5-c5cccc6c5-c5ccccc5C65c6ccccc6-c6ccccc65)c5ccccc54)ccc3)[c-]c1n2-c1ccc(C(C)(C)C)cn1.[Pt]. The van der Waals surface area contributed by atoms with E-state index in [2.05, 4.69) is 249 Å². The van der Waals surface area contributed by atoms with Gasteiger partial charge in [0.2, 0.25) is 0 Å². The number of para-hydroxylation sites is 4. The molecular formula is C79H65N4OPt-3. The minimum Gasteiger partial charge on any atom is -0.509 e. The predicted octanol–water partition coefficient (Wildman–Crippen LogP) is 20.5. The van der Waals surface area contributed by atoms with Crippen molar-refractivity contribution in [3.63, 3.8) is 0 Å². The average Bonchev–Trinajstić information content (AvgIpc) is 1.52. The fourth-order valence-corrected chi connectivity index (χ4v) is 13.4. The van der Waals surface area contributed by atoms with E-state index in [0.717, 1.165) is 50.6 Å². The molecule has 0 amide bonds. The second kappa shape index (κ2) is 19.9. The van der Waals surface area contributed by atoms with Gasteiger partial charge in [-0.2, -0.15) is 12.1 Å². The van der Waals surface area contributed by atoms with Crippen LogP contribution in [0.2, 0.25) is 0 Å². The molecule has 0 atom stereocenters. The summed E-state index contributed by atoms with van der Waals surface area (Å²) < 4.78 is 44.1. The Balaban J connectivity index is 0.00000694. The van der Waals surface area contributed by atoms with Crippen LogP contribution in [0.4, 0.5) is 22.7 Å². The zero-order valence-corrected chi connectivity index (χ0v) is 51.4. The number of benzene rings is 10. The van der Waals surface area contributed by atoms with Crippen LogP contribution in [-0.2, 0) is 42.7 Å². The third-order valence-electron chi connectivity index (χ3n) is 17.6. The van der Waals surface area contributed by atoms with Gasteiger partial charge in [0.15, 0.2) is 0 Å². The van der Waals surface area contributed by atoms with Crippen LogP contribution in [0.3, 0.4) is 0 Å².